The molecule has 0 heterocycles. The molecule has 0 spiro atoms. The Labute approximate surface area is 89.5 Å². The number of carbonyl (C=O) groups excluding carboxylic acids is 2. The first-order valence-corrected chi connectivity index (χ1v) is 6.44. The van der Waals surface area contributed by atoms with Gasteiger partial charge in [-0.25, -0.2) is 8.42 Å². The molecule has 1 atom stereocenters. The average molecular weight is 236 g/mol. The molecule has 0 radical (unpaired) electrons. The Kier molecular flexibility index (Phi) is 5.27. The summed E-state index contributed by atoms with van der Waals surface area (Å²) in [5.74, 6) is -1.06. The Morgan fingerprint density at radius 2 is 1.87 bits per heavy atom. The van der Waals surface area contributed by atoms with Crippen LogP contribution in [0.5, 0.6) is 0 Å². The van der Waals surface area contributed by atoms with Crippen molar-refractivity contribution in [2.75, 3.05) is 6.26 Å². The summed E-state index contributed by atoms with van der Waals surface area (Å²) in [6.45, 7) is 3.11. The molecule has 7 heteroatoms. The van der Waals surface area contributed by atoms with Crippen LogP contribution in [0.2, 0.25) is 0 Å². The van der Waals surface area contributed by atoms with Crippen molar-refractivity contribution < 1.29 is 18.0 Å². The third-order valence-corrected chi connectivity index (χ3v) is 2.13. The van der Waals surface area contributed by atoms with E-state index in [0.29, 0.717) is 12.8 Å². The van der Waals surface area contributed by atoms with Crippen LogP contribution in [0.25, 0.3) is 0 Å². The summed E-state index contributed by atoms with van der Waals surface area (Å²) in [4.78, 5) is 22.1. The van der Waals surface area contributed by atoms with E-state index >= 15 is 0 Å². The maximum atomic E-state index is 11.4. The summed E-state index contributed by atoms with van der Waals surface area (Å²) in [6.07, 6.45) is 1.96. The molecule has 0 fully saturated rings. The Bertz CT molecular complexity index is 337. The van der Waals surface area contributed by atoms with Crippen molar-refractivity contribution >= 4 is 21.8 Å². The van der Waals surface area contributed by atoms with Crippen molar-refractivity contribution in [1.29, 1.82) is 0 Å². The fourth-order valence-electron chi connectivity index (χ4n) is 1.06. The molecule has 0 aromatic carbocycles. The zero-order valence-electron chi connectivity index (χ0n) is 9.03. The first kappa shape index (κ1) is 13.9. The van der Waals surface area contributed by atoms with Gasteiger partial charge in [0.25, 0.3) is 5.91 Å². The molecule has 0 aromatic rings. The van der Waals surface area contributed by atoms with Gasteiger partial charge in [0, 0.05) is 6.92 Å². The predicted octanol–water partition coefficient (Wildman–Crippen LogP) is -0.633. The molecule has 0 aliphatic rings. The maximum absolute atomic E-state index is 11.4. The van der Waals surface area contributed by atoms with Crippen molar-refractivity contribution in [1.82, 2.24) is 10.0 Å². The Balaban J connectivity index is 4.48. The second-order valence-electron chi connectivity index (χ2n) is 3.28. The van der Waals surface area contributed by atoms with E-state index in [1.54, 1.807) is 0 Å². The molecule has 6 nitrogen and oxygen atoms in total. The van der Waals surface area contributed by atoms with Crippen molar-refractivity contribution in [3.63, 3.8) is 0 Å². The van der Waals surface area contributed by atoms with Crippen LogP contribution in [-0.4, -0.2) is 32.5 Å². The fraction of sp³-hybridized carbons (Fsp3) is 0.750. The van der Waals surface area contributed by atoms with Gasteiger partial charge in [0.2, 0.25) is 15.9 Å². The lowest BCUT2D eigenvalue weighted by Crippen LogP contribution is -2.47. The highest BCUT2D eigenvalue weighted by molar-refractivity contribution is 7.89. The van der Waals surface area contributed by atoms with Crippen LogP contribution in [0.1, 0.15) is 26.7 Å². The van der Waals surface area contributed by atoms with Crippen molar-refractivity contribution in [2.24, 2.45) is 0 Å². The Hall–Kier alpha value is -1.11. The zero-order chi connectivity index (χ0) is 12.1. The molecule has 88 valence electrons. The van der Waals surface area contributed by atoms with Crippen LogP contribution in [0.15, 0.2) is 0 Å². The van der Waals surface area contributed by atoms with Crippen LogP contribution >= 0.6 is 0 Å². The van der Waals surface area contributed by atoms with Gasteiger partial charge in [0.15, 0.2) is 0 Å². The quantitative estimate of drug-likeness (QED) is 0.664. The molecule has 0 saturated carbocycles. The van der Waals surface area contributed by atoms with E-state index in [4.69, 9.17) is 0 Å². The second-order valence-corrected chi connectivity index (χ2v) is 5.03. The minimum Gasteiger partial charge on any atom is -0.345 e. The van der Waals surface area contributed by atoms with Crippen molar-refractivity contribution in [2.45, 2.75) is 32.7 Å². The van der Waals surface area contributed by atoms with Crippen LogP contribution in [0, 0.1) is 0 Å². The number of hydrogen-bond acceptors (Lipinski definition) is 4. The number of carbonyl (C=O) groups is 2. The first-order valence-electron chi connectivity index (χ1n) is 4.55. The predicted molar refractivity (Wildman–Crippen MR) is 55.5 cm³/mol. The molecule has 2 N–H and O–H groups in total. The monoisotopic (exact) mass is 236 g/mol. The summed E-state index contributed by atoms with van der Waals surface area (Å²) in [5, 5.41) is 2.39. The molecular weight excluding hydrogens is 220 g/mol. The van der Waals surface area contributed by atoms with Gasteiger partial charge in [-0.15, -0.1) is 0 Å². The Morgan fingerprint density at radius 1 is 1.33 bits per heavy atom. The minimum atomic E-state index is -3.57. The van der Waals surface area contributed by atoms with Gasteiger partial charge in [0.1, 0.15) is 6.04 Å². The van der Waals surface area contributed by atoms with Gasteiger partial charge in [-0.2, -0.15) is 0 Å². The van der Waals surface area contributed by atoms with Crippen molar-refractivity contribution in [3.05, 3.63) is 0 Å². The van der Waals surface area contributed by atoms with E-state index in [0.717, 1.165) is 6.26 Å². The number of rotatable bonds is 5. The lowest BCUT2D eigenvalue weighted by atomic mass is 10.1. The number of amides is 2. The average Bonchev–Trinajstić information content (AvgIpc) is 1.99. The molecule has 0 saturated heterocycles. The van der Waals surface area contributed by atoms with Gasteiger partial charge >= 0.3 is 0 Å². The fourth-order valence-corrected chi connectivity index (χ4v) is 1.56. The van der Waals surface area contributed by atoms with Gasteiger partial charge in [-0.1, -0.05) is 13.3 Å². The van der Waals surface area contributed by atoms with Crippen LogP contribution in [0.3, 0.4) is 0 Å². The summed E-state index contributed by atoms with van der Waals surface area (Å²) < 4.78 is 23.4. The summed E-state index contributed by atoms with van der Waals surface area (Å²) in [5.41, 5.74) is 0. The van der Waals surface area contributed by atoms with E-state index in [2.05, 4.69) is 5.32 Å². The lowest BCUT2D eigenvalue weighted by molar-refractivity contribution is -0.127. The minimum absolute atomic E-state index is 0.364. The van der Waals surface area contributed by atoms with Gasteiger partial charge in [0.05, 0.1) is 6.26 Å². The maximum Gasteiger partial charge on any atom is 0.255 e. The smallest absolute Gasteiger partial charge is 0.255 e. The number of sulfonamides is 1. The molecule has 0 aromatic heterocycles. The van der Waals surface area contributed by atoms with E-state index in [1.807, 2.05) is 11.6 Å². The number of hydrogen-bond donors (Lipinski definition) is 2. The van der Waals surface area contributed by atoms with Gasteiger partial charge in [-0.05, 0) is 6.42 Å². The third-order valence-electron chi connectivity index (χ3n) is 1.56. The first-order chi connectivity index (χ1) is 6.76. The van der Waals surface area contributed by atoms with E-state index in [1.165, 1.54) is 6.92 Å². The number of nitrogens with one attached hydrogen (secondary N) is 2. The summed E-state index contributed by atoms with van der Waals surface area (Å²) in [6, 6.07) is -0.790. The molecule has 0 aliphatic carbocycles. The molecule has 0 aliphatic heterocycles. The molecule has 0 bridgehead atoms. The van der Waals surface area contributed by atoms with Crippen LogP contribution in [-0.2, 0) is 19.6 Å². The SMILES string of the molecule is CCC[C@H](NC(C)=O)C(=O)NS(C)(=O)=O. The molecule has 0 rings (SSSR count). The third kappa shape index (κ3) is 6.89. The highest BCUT2D eigenvalue weighted by Gasteiger charge is 2.20. The Morgan fingerprint density at radius 3 is 2.20 bits per heavy atom. The molecule has 15 heavy (non-hydrogen) atoms. The van der Waals surface area contributed by atoms with Crippen LogP contribution in [0.4, 0.5) is 0 Å². The zero-order valence-corrected chi connectivity index (χ0v) is 9.85. The molecule has 0 unspecified atom stereocenters. The van der Waals surface area contributed by atoms with E-state index < -0.39 is 22.0 Å². The summed E-state index contributed by atoms with van der Waals surface area (Å²) in [7, 11) is -3.57. The molecule has 2 amide bonds. The van der Waals surface area contributed by atoms with Crippen molar-refractivity contribution in [3.8, 4) is 0 Å². The standard InChI is InChI=1S/C8H16N2O4S/c1-4-5-7(9-6(2)11)8(12)10-15(3,13)14/h7H,4-5H2,1-3H3,(H,9,11)(H,10,12)/t7-/m0/s1. The van der Waals surface area contributed by atoms with Gasteiger partial charge in [-0.3, -0.25) is 14.3 Å². The molecular formula is C8H16N2O4S. The largest absolute Gasteiger partial charge is 0.345 e. The van der Waals surface area contributed by atoms with Crippen LogP contribution < -0.4 is 10.0 Å². The van der Waals surface area contributed by atoms with E-state index in [-0.39, 0.29) is 5.91 Å². The van der Waals surface area contributed by atoms with Gasteiger partial charge < -0.3 is 5.32 Å². The summed E-state index contributed by atoms with van der Waals surface area (Å²) >= 11 is 0. The second kappa shape index (κ2) is 5.69. The lowest BCUT2D eigenvalue weighted by Gasteiger charge is -2.15. The normalized spacial score (nSPS) is 13.0. The van der Waals surface area contributed by atoms with E-state index in [9.17, 15) is 18.0 Å². The highest BCUT2D eigenvalue weighted by Crippen LogP contribution is 1.97. The highest BCUT2D eigenvalue weighted by atomic mass is 32.2. The topological polar surface area (TPSA) is 92.3 Å².